The fourth-order valence-corrected chi connectivity index (χ4v) is 2.35. The van der Waals surface area contributed by atoms with Gasteiger partial charge in [0, 0.05) is 19.1 Å². The van der Waals surface area contributed by atoms with Crippen molar-refractivity contribution in [2.24, 2.45) is 5.73 Å². The molecule has 0 aliphatic rings. The standard InChI is InChI=1S/C18H31N3O/c1-6-11-18(4,19)17(22)20-12-15-9-7-8-10-16(15)13-21(5)14(2)3/h7-10,14H,6,11-13,19H2,1-5H3,(H,20,22). The highest BCUT2D eigenvalue weighted by Gasteiger charge is 2.26. The number of carbonyl (C=O) groups excluding carboxylic acids is 1. The van der Waals surface area contributed by atoms with Crippen molar-refractivity contribution in [1.82, 2.24) is 10.2 Å². The molecule has 0 aliphatic carbocycles. The van der Waals surface area contributed by atoms with Gasteiger partial charge in [0.1, 0.15) is 0 Å². The minimum absolute atomic E-state index is 0.0821. The molecule has 0 bridgehead atoms. The van der Waals surface area contributed by atoms with Gasteiger partial charge in [0.2, 0.25) is 5.91 Å². The van der Waals surface area contributed by atoms with Gasteiger partial charge in [0.15, 0.2) is 0 Å². The Balaban J connectivity index is 2.72. The summed E-state index contributed by atoms with van der Waals surface area (Å²) >= 11 is 0. The number of nitrogens with zero attached hydrogens (tertiary/aromatic N) is 1. The first kappa shape index (κ1) is 18.7. The van der Waals surface area contributed by atoms with Gasteiger partial charge >= 0.3 is 0 Å². The fraction of sp³-hybridized carbons (Fsp3) is 0.611. The van der Waals surface area contributed by atoms with Gasteiger partial charge in [-0.3, -0.25) is 9.69 Å². The number of benzene rings is 1. The van der Waals surface area contributed by atoms with Crippen LogP contribution in [0.1, 0.15) is 51.7 Å². The summed E-state index contributed by atoms with van der Waals surface area (Å²) in [7, 11) is 2.11. The topological polar surface area (TPSA) is 58.4 Å². The first-order valence-electron chi connectivity index (χ1n) is 8.12. The molecule has 0 saturated carbocycles. The van der Waals surface area contributed by atoms with Crippen LogP contribution in [-0.2, 0) is 17.9 Å². The summed E-state index contributed by atoms with van der Waals surface area (Å²) in [4.78, 5) is 14.5. The van der Waals surface area contributed by atoms with Crippen molar-refractivity contribution < 1.29 is 4.79 Å². The number of rotatable bonds is 8. The SMILES string of the molecule is CCCC(C)(N)C(=O)NCc1ccccc1CN(C)C(C)C. The first-order valence-corrected chi connectivity index (χ1v) is 8.12. The molecule has 0 saturated heterocycles. The van der Waals surface area contributed by atoms with Crippen molar-refractivity contribution in [3.8, 4) is 0 Å². The fourth-order valence-electron chi connectivity index (χ4n) is 2.35. The lowest BCUT2D eigenvalue weighted by molar-refractivity contribution is -0.126. The van der Waals surface area contributed by atoms with E-state index in [-0.39, 0.29) is 5.91 Å². The van der Waals surface area contributed by atoms with Crippen LogP contribution < -0.4 is 11.1 Å². The van der Waals surface area contributed by atoms with Crippen molar-refractivity contribution in [3.05, 3.63) is 35.4 Å². The summed E-state index contributed by atoms with van der Waals surface area (Å²) in [6.45, 7) is 9.58. The molecular formula is C18H31N3O. The van der Waals surface area contributed by atoms with Crippen LogP contribution in [0.25, 0.3) is 0 Å². The maximum atomic E-state index is 12.2. The summed E-state index contributed by atoms with van der Waals surface area (Å²) < 4.78 is 0. The van der Waals surface area contributed by atoms with Gasteiger partial charge in [-0.25, -0.2) is 0 Å². The maximum absolute atomic E-state index is 12.2. The molecule has 124 valence electrons. The maximum Gasteiger partial charge on any atom is 0.240 e. The Kier molecular flexibility index (Phi) is 7.04. The van der Waals surface area contributed by atoms with E-state index in [2.05, 4.69) is 43.2 Å². The number of hydrogen-bond acceptors (Lipinski definition) is 3. The van der Waals surface area contributed by atoms with Crippen LogP contribution in [0.3, 0.4) is 0 Å². The van der Waals surface area contributed by atoms with E-state index in [1.54, 1.807) is 6.92 Å². The molecule has 1 unspecified atom stereocenters. The normalized spacial score (nSPS) is 14.2. The molecule has 0 spiro atoms. The molecule has 1 amide bonds. The van der Waals surface area contributed by atoms with E-state index < -0.39 is 5.54 Å². The molecule has 1 aromatic carbocycles. The number of hydrogen-bond donors (Lipinski definition) is 2. The molecule has 1 aromatic rings. The molecule has 0 radical (unpaired) electrons. The summed E-state index contributed by atoms with van der Waals surface area (Å²) in [5.41, 5.74) is 7.67. The van der Waals surface area contributed by atoms with Crippen molar-refractivity contribution in [3.63, 3.8) is 0 Å². The second kappa shape index (κ2) is 8.30. The van der Waals surface area contributed by atoms with Gasteiger partial charge in [-0.1, -0.05) is 37.6 Å². The zero-order valence-corrected chi connectivity index (χ0v) is 14.6. The summed E-state index contributed by atoms with van der Waals surface area (Å²) in [5, 5.41) is 2.98. The molecule has 0 aromatic heterocycles. The first-order chi connectivity index (χ1) is 10.3. The molecule has 0 heterocycles. The summed E-state index contributed by atoms with van der Waals surface area (Å²) in [5.74, 6) is -0.0821. The van der Waals surface area contributed by atoms with Gasteiger partial charge in [-0.15, -0.1) is 0 Å². The largest absolute Gasteiger partial charge is 0.350 e. The second-order valence-electron chi connectivity index (χ2n) is 6.63. The van der Waals surface area contributed by atoms with Crippen molar-refractivity contribution in [2.75, 3.05) is 7.05 Å². The average molecular weight is 305 g/mol. The van der Waals surface area contributed by atoms with Gasteiger partial charge in [-0.2, -0.15) is 0 Å². The highest BCUT2D eigenvalue weighted by Crippen LogP contribution is 2.14. The highest BCUT2D eigenvalue weighted by atomic mass is 16.2. The van der Waals surface area contributed by atoms with E-state index in [4.69, 9.17) is 5.73 Å². The number of nitrogens with one attached hydrogen (secondary N) is 1. The molecule has 1 atom stereocenters. The lowest BCUT2D eigenvalue weighted by Crippen LogP contribution is -2.51. The lowest BCUT2D eigenvalue weighted by atomic mass is 9.96. The van der Waals surface area contributed by atoms with Crippen molar-refractivity contribution >= 4 is 5.91 Å². The Morgan fingerprint density at radius 3 is 2.45 bits per heavy atom. The Morgan fingerprint density at radius 2 is 1.91 bits per heavy atom. The Hall–Kier alpha value is -1.39. The Labute approximate surface area is 135 Å². The molecule has 0 aliphatic heterocycles. The number of carbonyl (C=O) groups is 1. The Morgan fingerprint density at radius 1 is 1.32 bits per heavy atom. The predicted molar refractivity (Wildman–Crippen MR) is 92.4 cm³/mol. The zero-order chi connectivity index (χ0) is 16.8. The van der Waals surface area contributed by atoms with E-state index in [1.807, 2.05) is 19.1 Å². The zero-order valence-electron chi connectivity index (χ0n) is 14.6. The van der Waals surface area contributed by atoms with Crippen molar-refractivity contribution in [1.29, 1.82) is 0 Å². The van der Waals surface area contributed by atoms with Gasteiger partial charge in [0.25, 0.3) is 0 Å². The Bertz CT molecular complexity index is 483. The van der Waals surface area contributed by atoms with Crippen LogP contribution >= 0.6 is 0 Å². The van der Waals surface area contributed by atoms with Crippen LogP contribution in [0.5, 0.6) is 0 Å². The van der Waals surface area contributed by atoms with Gasteiger partial charge in [-0.05, 0) is 45.4 Å². The van der Waals surface area contributed by atoms with E-state index in [0.717, 1.165) is 18.5 Å². The van der Waals surface area contributed by atoms with Crippen LogP contribution in [0, 0.1) is 0 Å². The molecule has 4 nitrogen and oxygen atoms in total. The minimum atomic E-state index is -0.793. The quantitative estimate of drug-likeness (QED) is 0.776. The summed E-state index contributed by atoms with van der Waals surface area (Å²) in [6, 6.07) is 8.72. The van der Waals surface area contributed by atoms with Crippen LogP contribution in [0.15, 0.2) is 24.3 Å². The molecule has 3 N–H and O–H groups in total. The van der Waals surface area contributed by atoms with Gasteiger partial charge in [0.05, 0.1) is 5.54 Å². The van der Waals surface area contributed by atoms with E-state index in [1.165, 1.54) is 5.56 Å². The number of nitrogens with two attached hydrogens (primary N) is 1. The van der Waals surface area contributed by atoms with Crippen molar-refractivity contribution in [2.45, 2.75) is 65.2 Å². The number of amides is 1. The average Bonchev–Trinajstić information content (AvgIpc) is 2.45. The smallest absolute Gasteiger partial charge is 0.240 e. The molecule has 0 fully saturated rings. The third kappa shape index (κ3) is 5.43. The third-order valence-corrected chi connectivity index (χ3v) is 4.15. The second-order valence-corrected chi connectivity index (χ2v) is 6.63. The molecular weight excluding hydrogens is 274 g/mol. The highest BCUT2D eigenvalue weighted by molar-refractivity contribution is 5.85. The van der Waals surface area contributed by atoms with E-state index in [9.17, 15) is 4.79 Å². The minimum Gasteiger partial charge on any atom is -0.350 e. The molecule has 4 heteroatoms. The van der Waals surface area contributed by atoms with Gasteiger partial charge < -0.3 is 11.1 Å². The van der Waals surface area contributed by atoms with E-state index in [0.29, 0.717) is 19.0 Å². The summed E-state index contributed by atoms with van der Waals surface area (Å²) in [6.07, 6.45) is 1.59. The third-order valence-electron chi connectivity index (χ3n) is 4.15. The lowest BCUT2D eigenvalue weighted by Gasteiger charge is -2.25. The molecule has 1 rings (SSSR count). The van der Waals surface area contributed by atoms with E-state index >= 15 is 0 Å². The van der Waals surface area contributed by atoms with Crippen LogP contribution in [0.4, 0.5) is 0 Å². The van der Waals surface area contributed by atoms with Crippen LogP contribution in [-0.4, -0.2) is 29.4 Å². The predicted octanol–water partition coefficient (Wildman–Crippen LogP) is 2.66. The van der Waals surface area contributed by atoms with Crippen LogP contribution in [0.2, 0.25) is 0 Å². The molecule has 22 heavy (non-hydrogen) atoms. The monoisotopic (exact) mass is 305 g/mol.